The quantitative estimate of drug-likeness (QED) is 0.624. The van der Waals surface area contributed by atoms with Gasteiger partial charge in [0.15, 0.2) is 0 Å². The number of nitrogens with two attached hydrogens (primary N) is 1. The second-order valence-electron chi connectivity index (χ2n) is 4.44. The van der Waals surface area contributed by atoms with Gasteiger partial charge in [-0.2, -0.15) is 4.98 Å². The van der Waals surface area contributed by atoms with Crippen molar-refractivity contribution in [3.63, 3.8) is 0 Å². The first-order valence-electron chi connectivity index (χ1n) is 6.17. The summed E-state index contributed by atoms with van der Waals surface area (Å²) in [5.41, 5.74) is 4.83. The maximum atomic E-state index is 5.36. The normalized spacial score (nSPS) is 14.2. The first kappa shape index (κ1) is 11.7. The molecule has 98 valence electrons. The molecular weight excluding hydrogens is 240 g/mol. The van der Waals surface area contributed by atoms with Crippen LogP contribution in [0.15, 0.2) is 36.5 Å². The van der Waals surface area contributed by atoms with Gasteiger partial charge in [-0.1, -0.05) is 12.1 Å². The number of anilines is 4. The van der Waals surface area contributed by atoms with Gasteiger partial charge in [0.2, 0.25) is 5.95 Å². The van der Waals surface area contributed by atoms with Crippen molar-refractivity contribution in [2.75, 3.05) is 35.4 Å². The Morgan fingerprint density at radius 2 is 1.95 bits per heavy atom. The van der Waals surface area contributed by atoms with Crippen LogP contribution in [0.2, 0.25) is 0 Å². The number of aromatic nitrogens is 2. The van der Waals surface area contributed by atoms with Crippen LogP contribution in [0.3, 0.4) is 0 Å². The van der Waals surface area contributed by atoms with Crippen LogP contribution in [-0.2, 0) is 0 Å². The molecule has 1 aliphatic rings. The van der Waals surface area contributed by atoms with Crippen LogP contribution in [0.4, 0.5) is 23.1 Å². The standard InChI is InChI=1S/C13H16N6/c1-18-8-9-19(11-5-3-2-4-10(11)18)12-6-7-15-13(16-12)17-14/h2-7H,8-9,14H2,1H3,(H,15,16,17). The molecule has 0 radical (unpaired) electrons. The van der Waals surface area contributed by atoms with Crippen molar-refractivity contribution >= 4 is 23.1 Å². The fraction of sp³-hybridized carbons (Fsp3) is 0.231. The minimum absolute atomic E-state index is 0.425. The van der Waals surface area contributed by atoms with Crippen molar-refractivity contribution in [3.8, 4) is 0 Å². The number of nitrogens with one attached hydrogen (secondary N) is 1. The predicted molar refractivity (Wildman–Crippen MR) is 76.6 cm³/mol. The number of hydrogen-bond donors (Lipinski definition) is 2. The van der Waals surface area contributed by atoms with Gasteiger partial charge < -0.3 is 9.80 Å². The van der Waals surface area contributed by atoms with E-state index in [2.05, 4.69) is 44.4 Å². The number of benzene rings is 1. The van der Waals surface area contributed by atoms with Gasteiger partial charge in [0.1, 0.15) is 5.82 Å². The summed E-state index contributed by atoms with van der Waals surface area (Å²) >= 11 is 0. The number of hydrazine groups is 1. The van der Waals surface area contributed by atoms with Crippen molar-refractivity contribution in [2.45, 2.75) is 0 Å². The zero-order valence-electron chi connectivity index (χ0n) is 10.7. The summed E-state index contributed by atoms with van der Waals surface area (Å²) < 4.78 is 0. The van der Waals surface area contributed by atoms with Crippen molar-refractivity contribution in [1.82, 2.24) is 9.97 Å². The molecule has 1 aliphatic heterocycles. The summed E-state index contributed by atoms with van der Waals surface area (Å²) in [4.78, 5) is 12.9. The lowest BCUT2D eigenvalue weighted by Crippen LogP contribution is -2.36. The maximum Gasteiger partial charge on any atom is 0.239 e. The Bertz CT molecular complexity index is 585. The molecule has 0 atom stereocenters. The third kappa shape index (κ3) is 2.06. The molecular formula is C13H16N6. The Hall–Kier alpha value is -2.34. The van der Waals surface area contributed by atoms with E-state index in [4.69, 9.17) is 5.84 Å². The van der Waals surface area contributed by atoms with Crippen LogP contribution in [0, 0.1) is 0 Å². The molecule has 2 heterocycles. The molecule has 19 heavy (non-hydrogen) atoms. The van der Waals surface area contributed by atoms with E-state index in [9.17, 15) is 0 Å². The smallest absolute Gasteiger partial charge is 0.239 e. The van der Waals surface area contributed by atoms with Gasteiger partial charge in [-0.05, 0) is 18.2 Å². The van der Waals surface area contributed by atoms with Crippen LogP contribution in [-0.4, -0.2) is 30.1 Å². The minimum atomic E-state index is 0.425. The molecule has 6 heteroatoms. The summed E-state index contributed by atoms with van der Waals surface area (Å²) in [6.45, 7) is 1.83. The van der Waals surface area contributed by atoms with Crippen LogP contribution < -0.4 is 21.1 Å². The van der Waals surface area contributed by atoms with E-state index < -0.39 is 0 Å². The third-order valence-corrected chi connectivity index (χ3v) is 3.29. The van der Waals surface area contributed by atoms with Crippen LogP contribution in [0.25, 0.3) is 0 Å². The molecule has 0 saturated heterocycles. The van der Waals surface area contributed by atoms with E-state index in [1.807, 2.05) is 18.2 Å². The molecule has 0 unspecified atom stereocenters. The fourth-order valence-corrected chi connectivity index (χ4v) is 2.31. The summed E-state index contributed by atoms with van der Waals surface area (Å²) in [6, 6.07) is 10.2. The average Bonchev–Trinajstić information content (AvgIpc) is 2.48. The number of fused-ring (bicyclic) bond motifs is 1. The molecule has 0 aliphatic carbocycles. The lowest BCUT2D eigenvalue weighted by molar-refractivity contribution is 0.812. The van der Waals surface area contributed by atoms with Gasteiger partial charge in [0.05, 0.1) is 11.4 Å². The second kappa shape index (κ2) is 4.74. The molecule has 2 aromatic rings. The van der Waals surface area contributed by atoms with Gasteiger partial charge in [-0.15, -0.1) is 0 Å². The fourth-order valence-electron chi connectivity index (χ4n) is 2.31. The topological polar surface area (TPSA) is 70.3 Å². The van der Waals surface area contributed by atoms with Crippen molar-refractivity contribution in [2.24, 2.45) is 5.84 Å². The Labute approximate surface area is 111 Å². The lowest BCUT2D eigenvalue weighted by Gasteiger charge is -2.36. The van der Waals surface area contributed by atoms with Crippen molar-refractivity contribution in [3.05, 3.63) is 36.5 Å². The number of nitrogens with zero attached hydrogens (tertiary/aromatic N) is 4. The Balaban J connectivity index is 2.04. The van der Waals surface area contributed by atoms with Crippen molar-refractivity contribution < 1.29 is 0 Å². The van der Waals surface area contributed by atoms with E-state index >= 15 is 0 Å². The van der Waals surface area contributed by atoms with Gasteiger partial charge in [0, 0.05) is 26.3 Å². The highest BCUT2D eigenvalue weighted by Gasteiger charge is 2.21. The summed E-state index contributed by atoms with van der Waals surface area (Å²) in [5, 5.41) is 0. The molecule has 6 nitrogen and oxygen atoms in total. The van der Waals surface area contributed by atoms with Crippen LogP contribution >= 0.6 is 0 Å². The largest absolute Gasteiger partial charge is 0.371 e. The minimum Gasteiger partial charge on any atom is -0.371 e. The first-order valence-corrected chi connectivity index (χ1v) is 6.17. The van der Waals surface area contributed by atoms with Gasteiger partial charge >= 0.3 is 0 Å². The van der Waals surface area contributed by atoms with Gasteiger partial charge in [-0.25, -0.2) is 10.8 Å². The third-order valence-electron chi connectivity index (χ3n) is 3.29. The van der Waals surface area contributed by atoms with Crippen molar-refractivity contribution in [1.29, 1.82) is 0 Å². The SMILES string of the molecule is CN1CCN(c2ccnc(NN)n2)c2ccccc21. The lowest BCUT2D eigenvalue weighted by atomic mass is 10.2. The number of likely N-dealkylation sites (N-methyl/N-ethyl adjacent to an activating group) is 1. The maximum absolute atomic E-state index is 5.36. The highest BCUT2D eigenvalue weighted by Crippen LogP contribution is 2.35. The first-order chi connectivity index (χ1) is 9.29. The van der Waals surface area contributed by atoms with Crippen LogP contribution in [0.5, 0.6) is 0 Å². The molecule has 0 spiro atoms. The predicted octanol–water partition coefficient (Wildman–Crippen LogP) is 1.35. The summed E-state index contributed by atoms with van der Waals surface area (Å²) in [5.74, 6) is 6.64. The Morgan fingerprint density at radius 1 is 1.16 bits per heavy atom. The number of nitrogen functional groups attached to an aromatic ring is 1. The van der Waals surface area contributed by atoms with Gasteiger partial charge in [-0.3, -0.25) is 5.43 Å². The molecule has 0 fully saturated rings. The highest BCUT2D eigenvalue weighted by atomic mass is 15.3. The second-order valence-corrected chi connectivity index (χ2v) is 4.44. The number of para-hydroxylation sites is 2. The molecule has 3 rings (SSSR count). The Morgan fingerprint density at radius 3 is 2.74 bits per heavy atom. The molecule has 0 bridgehead atoms. The number of rotatable bonds is 2. The average molecular weight is 256 g/mol. The number of hydrogen-bond acceptors (Lipinski definition) is 6. The molecule has 1 aromatic carbocycles. The monoisotopic (exact) mass is 256 g/mol. The highest BCUT2D eigenvalue weighted by molar-refractivity contribution is 5.78. The van der Waals surface area contributed by atoms with Gasteiger partial charge in [0.25, 0.3) is 0 Å². The van der Waals surface area contributed by atoms with E-state index in [1.165, 1.54) is 5.69 Å². The van der Waals surface area contributed by atoms with E-state index in [0.29, 0.717) is 5.95 Å². The zero-order valence-corrected chi connectivity index (χ0v) is 10.7. The Kier molecular flexibility index (Phi) is 2.92. The summed E-state index contributed by atoms with van der Waals surface area (Å²) in [7, 11) is 2.10. The van der Waals surface area contributed by atoms with Crippen LogP contribution in [0.1, 0.15) is 0 Å². The molecule has 1 aromatic heterocycles. The zero-order chi connectivity index (χ0) is 13.2. The van der Waals surface area contributed by atoms with E-state index in [0.717, 1.165) is 24.6 Å². The summed E-state index contributed by atoms with van der Waals surface area (Å²) in [6.07, 6.45) is 1.71. The molecule has 0 saturated carbocycles. The molecule has 3 N–H and O–H groups in total. The van der Waals surface area contributed by atoms with E-state index in [-0.39, 0.29) is 0 Å². The molecule has 0 amide bonds. The van der Waals surface area contributed by atoms with E-state index in [1.54, 1.807) is 6.20 Å².